The number of benzene rings is 4. The number of anilines is 4. The molecule has 4 aromatic carbocycles. The lowest BCUT2D eigenvalue weighted by Crippen LogP contribution is -2.43. The summed E-state index contributed by atoms with van der Waals surface area (Å²) in [6, 6.07) is 21.9. The van der Waals surface area contributed by atoms with E-state index in [2.05, 4.69) is 177 Å². The van der Waals surface area contributed by atoms with Gasteiger partial charge >= 0.3 is 0 Å². The zero-order valence-corrected chi connectivity index (χ0v) is 32.2. The van der Waals surface area contributed by atoms with Gasteiger partial charge in [-0.2, -0.15) is 0 Å². The van der Waals surface area contributed by atoms with E-state index in [9.17, 15) is 0 Å². The van der Waals surface area contributed by atoms with Crippen molar-refractivity contribution in [2.24, 2.45) is 0 Å². The minimum Gasteiger partial charge on any atom is -0.351 e. The molecule has 4 aromatic rings. The van der Waals surface area contributed by atoms with Gasteiger partial charge in [0.25, 0.3) is 0 Å². The monoisotopic (exact) mass is 642 g/mol. The van der Waals surface area contributed by atoms with E-state index in [4.69, 9.17) is 0 Å². The average molecular weight is 643 g/mol. The predicted octanol–water partition coefficient (Wildman–Crippen LogP) is 12.9. The van der Waals surface area contributed by atoms with Gasteiger partial charge in [0.05, 0.1) is 33.9 Å². The van der Waals surface area contributed by atoms with Crippen LogP contribution in [-0.2, 0) is 0 Å². The lowest BCUT2D eigenvalue weighted by Gasteiger charge is -2.38. The summed E-state index contributed by atoms with van der Waals surface area (Å²) >= 11 is 0. The predicted molar refractivity (Wildman–Crippen MR) is 210 cm³/mol. The van der Waals surface area contributed by atoms with Crippen LogP contribution < -0.4 is 10.6 Å². The molecule has 46 heavy (non-hydrogen) atoms. The highest BCUT2D eigenvalue weighted by molar-refractivity contribution is 6.91. The SMILES string of the molecule is CC(C)[Si](C#Cc1c2c(c(C#C[Si](C(C)C)(C(C)C)C(C)C)c3ccccc13)Nc1cc3ccccc3cc1N2)(C(C)C)C(C)C. The molecule has 2 nitrogen and oxygen atoms in total. The highest BCUT2D eigenvalue weighted by Crippen LogP contribution is 2.48. The standard InChI is InChI=1S/C42H54N2Si2/c1-27(2)45(28(3)4,29(5)6)23-21-37-35-19-15-16-20-36(35)38(22-24-46(30(7)8,31(9)10)32(11)12)42-41(37)43-39-25-33-17-13-14-18-34(33)26-40(39)44-42/h13-20,25-32,43-44H,1-12H3. The van der Waals surface area contributed by atoms with E-state index in [0.29, 0.717) is 33.2 Å². The minimum atomic E-state index is -1.97. The van der Waals surface area contributed by atoms with Gasteiger partial charge in [-0.25, -0.2) is 0 Å². The molecule has 0 amide bonds. The van der Waals surface area contributed by atoms with Crippen LogP contribution in [0.4, 0.5) is 22.7 Å². The van der Waals surface area contributed by atoms with Crippen molar-refractivity contribution in [2.75, 3.05) is 10.6 Å². The van der Waals surface area contributed by atoms with Crippen molar-refractivity contribution in [3.63, 3.8) is 0 Å². The van der Waals surface area contributed by atoms with E-state index in [1.807, 2.05) is 0 Å². The van der Waals surface area contributed by atoms with E-state index in [0.717, 1.165) is 33.9 Å². The van der Waals surface area contributed by atoms with Gasteiger partial charge in [0.1, 0.15) is 16.1 Å². The lowest BCUT2D eigenvalue weighted by atomic mass is 9.94. The van der Waals surface area contributed by atoms with Gasteiger partial charge < -0.3 is 10.6 Å². The lowest BCUT2D eigenvalue weighted by molar-refractivity contribution is 0.838. The van der Waals surface area contributed by atoms with Gasteiger partial charge in [-0.3, -0.25) is 0 Å². The largest absolute Gasteiger partial charge is 0.351 e. The average Bonchev–Trinajstić information content (AvgIpc) is 2.99. The molecule has 4 heteroatoms. The first-order valence-electron chi connectivity index (χ1n) is 17.5. The van der Waals surface area contributed by atoms with Gasteiger partial charge in [0.2, 0.25) is 0 Å². The molecular weight excluding hydrogens is 589 g/mol. The van der Waals surface area contributed by atoms with Crippen LogP contribution in [0, 0.1) is 22.9 Å². The molecule has 0 saturated carbocycles. The third-order valence-corrected chi connectivity index (χ3v) is 23.7. The molecule has 1 aliphatic rings. The molecule has 0 bridgehead atoms. The van der Waals surface area contributed by atoms with Gasteiger partial charge in [-0.15, -0.1) is 11.1 Å². The molecule has 5 rings (SSSR count). The second kappa shape index (κ2) is 13.0. The maximum Gasteiger partial charge on any atom is 0.146 e. The molecule has 0 fully saturated rings. The second-order valence-corrected chi connectivity index (χ2v) is 26.5. The fourth-order valence-electron chi connectivity index (χ4n) is 8.87. The van der Waals surface area contributed by atoms with Crippen LogP contribution in [0.2, 0.25) is 33.2 Å². The third-order valence-electron chi connectivity index (χ3n) is 11.2. The van der Waals surface area contributed by atoms with Gasteiger partial charge in [0, 0.05) is 10.8 Å². The van der Waals surface area contributed by atoms with Crippen LogP contribution in [0.1, 0.15) is 94.2 Å². The van der Waals surface area contributed by atoms with Crippen molar-refractivity contribution < 1.29 is 0 Å². The zero-order chi connectivity index (χ0) is 33.6. The Balaban J connectivity index is 1.87. The van der Waals surface area contributed by atoms with E-state index >= 15 is 0 Å². The minimum absolute atomic E-state index is 0.562. The summed E-state index contributed by atoms with van der Waals surface area (Å²) in [7, 11) is -3.95. The van der Waals surface area contributed by atoms with Crippen LogP contribution in [0.3, 0.4) is 0 Å². The van der Waals surface area contributed by atoms with Crippen molar-refractivity contribution >= 4 is 60.4 Å². The molecule has 0 spiro atoms. The highest BCUT2D eigenvalue weighted by atomic mass is 28.3. The number of hydrogen-bond donors (Lipinski definition) is 2. The Labute approximate surface area is 281 Å². The summed E-state index contributed by atoms with van der Waals surface area (Å²) < 4.78 is 0. The molecule has 1 aliphatic heterocycles. The quantitative estimate of drug-likeness (QED) is 0.142. The Bertz CT molecular complexity index is 1710. The fourth-order valence-corrected chi connectivity index (χ4v) is 19.3. The Morgan fingerprint density at radius 1 is 0.457 bits per heavy atom. The van der Waals surface area contributed by atoms with Crippen LogP contribution in [-0.4, -0.2) is 16.1 Å². The van der Waals surface area contributed by atoms with Crippen LogP contribution >= 0.6 is 0 Å². The molecule has 240 valence electrons. The topological polar surface area (TPSA) is 24.1 Å². The molecule has 0 atom stereocenters. The number of hydrogen-bond acceptors (Lipinski definition) is 2. The first kappa shape index (κ1) is 33.9. The number of nitrogens with one attached hydrogen (secondary N) is 2. The van der Waals surface area contributed by atoms with Gasteiger partial charge in [-0.05, 0) is 56.2 Å². The molecule has 1 heterocycles. The summed E-state index contributed by atoms with van der Waals surface area (Å²) in [5.41, 5.74) is 17.9. The van der Waals surface area contributed by atoms with Crippen LogP contribution in [0.15, 0.2) is 60.7 Å². The van der Waals surface area contributed by atoms with Crippen LogP contribution in [0.5, 0.6) is 0 Å². The van der Waals surface area contributed by atoms with E-state index < -0.39 is 16.1 Å². The number of fused-ring (bicyclic) bond motifs is 4. The van der Waals surface area contributed by atoms with Gasteiger partial charge in [0.15, 0.2) is 0 Å². The zero-order valence-electron chi connectivity index (χ0n) is 30.2. The Hall–Kier alpha value is -3.45. The Kier molecular flexibility index (Phi) is 9.57. The normalized spacial score (nSPS) is 13.1. The van der Waals surface area contributed by atoms with Crippen molar-refractivity contribution in [3.05, 3.63) is 71.8 Å². The second-order valence-electron chi connectivity index (χ2n) is 15.3. The molecular formula is C42H54N2Si2. The summed E-state index contributed by atoms with van der Waals surface area (Å²) in [6.07, 6.45) is 0. The third kappa shape index (κ3) is 5.59. The summed E-state index contributed by atoms with van der Waals surface area (Å²) in [4.78, 5) is 0. The maximum absolute atomic E-state index is 4.06. The van der Waals surface area contributed by atoms with Crippen molar-refractivity contribution in [1.82, 2.24) is 0 Å². The molecule has 0 saturated heterocycles. The summed E-state index contributed by atoms with van der Waals surface area (Å²) in [5.74, 6) is 7.79. The highest BCUT2D eigenvalue weighted by Gasteiger charge is 2.43. The molecule has 0 radical (unpaired) electrons. The molecule has 0 aromatic heterocycles. The Morgan fingerprint density at radius 2 is 0.761 bits per heavy atom. The molecule has 0 aliphatic carbocycles. The first-order chi connectivity index (χ1) is 21.7. The fraction of sp³-hybridized carbons (Fsp3) is 0.429. The number of rotatable bonds is 6. The Morgan fingerprint density at radius 3 is 1.07 bits per heavy atom. The maximum atomic E-state index is 4.06. The first-order valence-corrected chi connectivity index (χ1v) is 21.9. The van der Waals surface area contributed by atoms with E-state index in [1.165, 1.54) is 21.5 Å². The smallest absolute Gasteiger partial charge is 0.146 e. The van der Waals surface area contributed by atoms with E-state index in [1.54, 1.807) is 0 Å². The van der Waals surface area contributed by atoms with Crippen molar-refractivity contribution in [3.8, 4) is 22.9 Å². The molecule has 2 N–H and O–H groups in total. The summed E-state index contributed by atoms with van der Waals surface area (Å²) in [6.45, 7) is 28.7. The van der Waals surface area contributed by atoms with E-state index in [-0.39, 0.29) is 0 Å². The van der Waals surface area contributed by atoms with Crippen molar-refractivity contribution in [1.29, 1.82) is 0 Å². The van der Waals surface area contributed by atoms with Crippen molar-refractivity contribution in [2.45, 2.75) is 116 Å². The van der Waals surface area contributed by atoms with Gasteiger partial charge in [-0.1, -0.05) is 143 Å². The summed E-state index contributed by atoms with van der Waals surface area (Å²) in [5, 5.41) is 12.6. The van der Waals surface area contributed by atoms with Crippen LogP contribution in [0.25, 0.3) is 21.5 Å². The molecule has 0 unspecified atom stereocenters.